The van der Waals surface area contributed by atoms with Gasteiger partial charge in [-0.2, -0.15) is 0 Å². The molecule has 1 N–H and O–H groups in total. The lowest BCUT2D eigenvalue weighted by atomic mass is 10.2. The summed E-state index contributed by atoms with van der Waals surface area (Å²) in [6.45, 7) is 3.69. The number of benzene rings is 1. The van der Waals surface area contributed by atoms with Crippen LogP contribution in [0.15, 0.2) is 24.3 Å². The highest BCUT2D eigenvalue weighted by atomic mass is 16.5. The zero-order valence-electron chi connectivity index (χ0n) is 7.62. The molecule has 1 radical (unpaired) electrons. The molecule has 0 aliphatic rings. The Balaban J connectivity index is 2.49. The summed E-state index contributed by atoms with van der Waals surface area (Å²) in [4.78, 5) is 11.0. The molecule has 0 unspecified atom stereocenters. The van der Waals surface area contributed by atoms with Crippen molar-refractivity contribution in [2.45, 2.75) is 0 Å². The number of hydrogen-bond acceptors (Lipinski definition) is 2. The van der Waals surface area contributed by atoms with E-state index in [9.17, 15) is 4.79 Å². The van der Waals surface area contributed by atoms with E-state index in [0.29, 0.717) is 5.69 Å². The van der Waals surface area contributed by atoms with Gasteiger partial charge in [-0.1, -0.05) is 18.1 Å². The van der Waals surface area contributed by atoms with Gasteiger partial charge < -0.3 is 4.74 Å². The van der Waals surface area contributed by atoms with E-state index < -0.39 is 6.09 Å². The fraction of sp³-hybridized carbons (Fsp3) is 0.0909. The number of carbonyl (C=O) groups excluding carboxylic acids is 1. The molecule has 0 heterocycles. The highest BCUT2D eigenvalue weighted by Gasteiger charge is 2.00. The number of carbonyl (C=O) groups is 1. The van der Waals surface area contributed by atoms with Gasteiger partial charge >= 0.3 is 6.09 Å². The van der Waals surface area contributed by atoms with Crippen LogP contribution in [0.25, 0.3) is 0 Å². The van der Waals surface area contributed by atoms with Gasteiger partial charge in [0, 0.05) is 5.69 Å². The Morgan fingerprint density at radius 1 is 1.50 bits per heavy atom. The molecular formula is C11H10NO2. The lowest BCUT2D eigenvalue weighted by Gasteiger charge is -2.04. The summed E-state index contributed by atoms with van der Waals surface area (Å²) in [5, 5.41) is 2.52. The largest absolute Gasteiger partial charge is 0.436 e. The van der Waals surface area contributed by atoms with Crippen molar-refractivity contribution in [3.63, 3.8) is 0 Å². The highest BCUT2D eigenvalue weighted by Crippen LogP contribution is 2.08. The maximum absolute atomic E-state index is 11.0. The summed E-state index contributed by atoms with van der Waals surface area (Å²) < 4.78 is 4.62. The SMILES string of the molecule is C#CCOC(=O)Nc1ccc([CH2])cc1. The average Bonchev–Trinajstić information content (AvgIpc) is 2.18. The van der Waals surface area contributed by atoms with E-state index in [0.717, 1.165) is 5.56 Å². The first-order chi connectivity index (χ1) is 6.72. The van der Waals surface area contributed by atoms with Gasteiger partial charge in [-0.05, 0) is 24.6 Å². The molecule has 14 heavy (non-hydrogen) atoms. The van der Waals surface area contributed by atoms with Gasteiger partial charge in [0.15, 0.2) is 6.61 Å². The summed E-state index contributed by atoms with van der Waals surface area (Å²) in [6, 6.07) is 7.05. The van der Waals surface area contributed by atoms with E-state index in [-0.39, 0.29) is 6.61 Å². The van der Waals surface area contributed by atoms with Crippen molar-refractivity contribution in [3.05, 3.63) is 36.8 Å². The molecule has 1 amide bonds. The number of anilines is 1. The molecule has 0 aromatic heterocycles. The third-order valence-corrected chi connectivity index (χ3v) is 1.49. The van der Waals surface area contributed by atoms with Crippen LogP contribution >= 0.6 is 0 Å². The summed E-state index contributed by atoms with van der Waals surface area (Å²) in [7, 11) is 0. The molecule has 1 aromatic carbocycles. The first-order valence-electron chi connectivity index (χ1n) is 4.01. The molecule has 0 fully saturated rings. The minimum Gasteiger partial charge on any atom is -0.436 e. The smallest absolute Gasteiger partial charge is 0.412 e. The number of nitrogens with one attached hydrogen (secondary N) is 1. The Kier molecular flexibility index (Phi) is 3.57. The van der Waals surface area contributed by atoms with Crippen LogP contribution in [0.3, 0.4) is 0 Å². The molecule has 0 saturated heterocycles. The van der Waals surface area contributed by atoms with Crippen molar-refractivity contribution in [1.29, 1.82) is 0 Å². The summed E-state index contributed by atoms with van der Waals surface area (Å²) in [5.74, 6) is 2.20. The zero-order valence-corrected chi connectivity index (χ0v) is 7.62. The first kappa shape index (κ1) is 10.1. The number of amides is 1. The lowest BCUT2D eigenvalue weighted by Crippen LogP contribution is -2.13. The van der Waals surface area contributed by atoms with Crippen LogP contribution in [0.4, 0.5) is 10.5 Å². The molecule has 3 nitrogen and oxygen atoms in total. The van der Waals surface area contributed by atoms with Crippen molar-refractivity contribution in [3.8, 4) is 12.3 Å². The van der Waals surface area contributed by atoms with Crippen LogP contribution in [0.2, 0.25) is 0 Å². The lowest BCUT2D eigenvalue weighted by molar-refractivity contribution is 0.176. The fourth-order valence-corrected chi connectivity index (χ4v) is 0.849. The minimum atomic E-state index is -0.556. The number of rotatable bonds is 2. The predicted molar refractivity (Wildman–Crippen MR) is 54.7 cm³/mol. The number of hydrogen-bond donors (Lipinski definition) is 1. The Morgan fingerprint density at radius 2 is 2.14 bits per heavy atom. The Hall–Kier alpha value is -1.95. The van der Waals surface area contributed by atoms with Crippen LogP contribution in [0.5, 0.6) is 0 Å². The van der Waals surface area contributed by atoms with Crippen molar-refractivity contribution < 1.29 is 9.53 Å². The van der Waals surface area contributed by atoms with Crippen molar-refractivity contribution in [2.75, 3.05) is 11.9 Å². The van der Waals surface area contributed by atoms with Crippen LogP contribution in [0, 0.1) is 19.3 Å². The monoisotopic (exact) mass is 188 g/mol. The summed E-state index contributed by atoms with van der Waals surface area (Å²) in [6.07, 6.45) is 4.37. The minimum absolute atomic E-state index is 0.0285. The topological polar surface area (TPSA) is 38.3 Å². The van der Waals surface area contributed by atoms with E-state index in [1.165, 1.54) is 0 Å². The van der Waals surface area contributed by atoms with Crippen LogP contribution in [-0.4, -0.2) is 12.7 Å². The molecule has 3 heteroatoms. The molecule has 0 atom stereocenters. The molecule has 1 rings (SSSR count). The van der Waals surface area contributed by atoms with Gasteiger partial charge in [0.2, 0.25) is 0 Å². The van der Waals surface area contributed by atoms with Crippen molar-refractivity contribution in [2.24, 2.45) is 0 Å². The molecule has 0 spiro atoms. The Morgan fingerprint density at radius 3 is 2.71 bits per heavy atom. The second-order valence-electron chi connectivity index (χ2n) is 2.60. The summed E-state index contributed by atoms with van der Waals surface area (Å²) in [5.41, 5.74) is 1.53. The van der Waals surface area contributed by atoms with Crippen LogP contribution < -0.4 is 5.32 Å². The third-order valence-electron chi connectivity index (χ3n) is 1.49. The second-order valence-corrected chi connectivity index (χ2v) is 2.60. The van der Waals surface area contributed by atoms with E-state index in [4.69, 9.17) is 6.42 Å². The van der Waals surface area contributed by atoms with Crippen LogP contribution in [0.1, 0.15) is 5.56 Å². The standard InChI is InChI=1S/C11H10NO2/c1-3-8-14-11(13)12-10-6-4-9(2)5-7-10/h1,4-7H,2,8H2,(H,12,13). The van der Waals surface area contributed by atoms with Gasteiger partial charge in [0.25, 0.3) is 0 Å². The van der Waals surface area contributed by atoms with Gasteiger partial charge in [0.1, 0.15) is 0 Å². The fourth-order valence-electron chi connectivity index (χ4n) is 0.849. The summed E-state index contributed by atoms with van der Waals surface area (Å²) >= 11 is 0. The molecule has 0 saturated carbocycles. The van der Waals surface area contributed by atoms with Gasteiger partial charge in [-0.3, -0.25) is 5.32 Å². The highest BCUT2D eigenvalue weighted by molar-refractivity contribution is 5.84. The third kappa shape index (κ3) is 3.20. The quantitative estimate of drug-likeness (QED) is 0.721. The van der Waals surface area contributed by atoms with Crippen molar-refractivity contribution in [1.82, 2.24) is 0 Å². The second kappa shape index (κ2) is 4.93. The molecule has 0 aliphatic heterocycles. The Labute approximate surface area is 83.1 Å². The molecular weight excluding hydrogens is 178 g/mol. The van der Waals surface area contributed by atoms with E-state index in [1.54, 1.807) is 24.3 Å². The maximum Gasteiger partial charge on any atom is 0.412 e. The molecule has 1 aromatic rings. The Bertz CT molecular complexity index is 349. The van der Waals surface area contributed by atoms with Gasteiger partial charge in [0.05, 0.1) is 0 Å². The van der Waals surface area contributed by atoms with Crippen molar-refractivity contribution >= 4 is 11.8 Å². The van der Waals surface area contributed by atoms with E-state index in [1.807, 2.05) is 0 Å². The number of terminal acetylenes is 1. The van der Waals surface area contributed by atoms with E-state index >= 15 is 0 Å². The molecule has 71 valence electrons. The number of ether oxygens (including phenoxy) is 1. The van der Waals surface area contributed by atoms with Crippen LogP contribution in [-0.2, 0) is 4.74 Å². The normalized spacial score (nSPS) is 8.86. The zero-order chi connectivity index (χ0) is 10.4. The first-order valence-corrected chi connectivity index (χ1v) is 4.01. The van der Waals surface area contributed by atoms with Gasteiger partial charge in [-0.15, -0.1) is 6.42 Å². The predicted octanol–water partition coefficient (Wildman–Crippen LogP) is 2.05. The molecule has 0 aliphatic carbocycles. The maximum atomic E-state index is 11.0. The molecule has 0 bridgehead atoms. The van der Waals surface area contributed by atoms with Gasteiger partial charge in [-0.25, -0.2) is 4.79 Å². The van der Waals surface area contributed by atoms with E-state index in [2.05, 4.69) is 22.9 Å². The average molecular weight is 188 g/mol.